The Labute approximate surface area is 115 Å². The highest BCUT2D eigenvalue weighted by molar-refractivity contribution is 6.33. The molecule has 2 nitrogen and oxygen atoms in total. The Morgan fingerprint density at radius 3 is 2.50 bits per heavy atom. The van der Waals surface area contributed by atoms with Gasteiger partial charge in [0.05, 0.1) is 5.56 Å². The number of halogens is 2. The van der Waals surface area contributed by atoms with E-state index in [0.29, 0.717) is 10.6 Å². The third kappa shape index (κ3) is 3.19. The highest BCUT2D eigenvalue weighted by Gasteiger charge is 2.06. The molecule has 1 heterocycles. The molecule has 0 aliphatic carbocycles. The SMILES string of the molecule is O=C(C=Cc1ccc(Cl)cc1)c1cccnc1Cl. The first kappa shape index (κ1) is 12.8. The van der Waals surface area contributed by atoms with E-state index in [-0.39, 0.29) is 10.9 Å². The molecule has 0 N–H and O–H groups in total. The lowest BCUT2D eigenvalue weighted by atomic mass is 10.1. The van der Waals surface area contributed by atoms with Gasteiger partial charge in [0.1, 0.15) is 5.15 Å². The minimum atomic E-state index is -0.178. The quantitative estimate of drug-likeness (QED) is 0.476. The molecule has 0 fully saturated rings. The Morgan fingerprint density at radius 1 is 1.11 bits per heavy atom. The van der Waals surface area contributed by atoms with Crippen LogP contribution in [-0.4, -0.2) is 10.8 Å². The molecule has 1 aromatic carbocycles. The van der Waals surface area contributed by atoms with Gasteiger partial charge in [0.2, 0.25) is 0 Å². The lowest BCUT2D eigenvalue weighted by Gasteiger charge is -1.97. The van der Waals surface area contributed by atoms with E-state index in [4.69, 9.17) is 23.2 Å². The fourth-order valence-electron chi connectivity index (χ4n) is 1.41. The summed E-state index contributed by atoms with van der Waals surface area (Å²) in [6.45, 7) is 0. The van der Waals surface area contributed by atoms with Gasteiger partial charge >= 0.3 is 0 Å². The van der Waals surface area contributed by atoms with Crippen molar-refractivity contribution in [3.05, 3.63) is 70.0 Å². The Hall–Kier alpha value is -1.64. The fourth-order valence-corrected chi connectivity index (χ4v) is 1.74. The average Bonchev–Trinajstić information content (AvgIpc) is 2.38. The van der Waals surface area contributed by atoms with Gasteiger partial charge in [0, 0.05) is 11.2 Å². The van der Waals surface area contributed by atoms with Crippen molar-refractivity contribution in [1.82, 2.24) is 4.98 Å². The van der Waals surface area contributed by atoms with Crippen molar-refractivity contribution in [1.29, 1.82) is 0 Å². The number of aromatic nitrogens is 1. The Bertz CT molecular complexity index is 591. The number of allylic oxidation sites excluding steroid dienone is 1. The van der Waals surface area contributed by atoms with Crippen molar-refractivity contribution in [2.45, 2.75) is 0 Å². The summed E-state index contributed by atoms with van der Waals surface area (Å²) in [7, 11) is 0. The maximum Gasteiger partial charge on any atom is 0.188 e. The Morgan fingerprint density at radius 2 is 1.83 bits per heavy atom. The molecule has 90 valence electrons. The van der Waals surface area contributed by atoms with Crippen LogP contribution in [0.25, 0.3) is 6.08 Å². The molecule has 0 aliphatic heterocycles. The molecule has 0 saturated heterocycles. The molecule has 2 aromatic rings. The molecule has 2 rings (SSSR count). The van der Waals surface area contributed by atoms with Crippen LogP contribution in [0.2, 0.25) is 10.2 Å². The maximum atomic E-state index is 11.9. The molecule has 0 aliphatic rings. The van der Waals surface area contributed by atoms with E-state index in [1.54, 1.807) is 36.5 Å². The number of ketones is 1. The number of carbonyl (C=O) groups excluding carboxylic acids is 1. The molecule has 0 spiro atoms. The second-order valence-corrected chi connectivity index (χ2v) is 4.39. The molecule has 0 bridgehead atoms. The van der Waals surface area contributed by atoms with E-state index in [9.17, 15) is 4.79 Å². The van der Waals surface area contributed by atoms with Gasteiger partial charge in [-0.3, -0.25) is 4.79 Å². The van der Waals surface area contributed by atoms with E-state index in [1.807, 2.05) is 12.1 Å². The summed E-state index contributed by atoms with van der Waals surface area (Å²) in [5.41, 5.74) is 1.29. The van der Waals surface area contributed by atoms with Crippen LogP contribution >= 0.6 is 23.2 Å². The second-order valence-electron chi connectivity index (χ2n) is 3.59. The van der Waals surface area contributed by atoms with Gasteiger partial charge < -0.3 is 0 Å². The predicted molar refractivity (Wildman–Crippen MR) is 74.1 cm³/mol. The van der Waals surface area contributed by atoms with Crippen molar-refractivity contribution in [2.24, 2.45) is 0 Å². The lowest BCUT2D eigenvalue weighted by Crippen LogP contribution is -1.96. The van der Waals surface area contributed by atoms with Gasteiger partial charge in [0.25, 0.3) is 0 Å². The van der Waals surface area contributed by atoms with Gasteiger partial charge in [-0.05, 0) is 35.9 Å². The second kappa shape index (κ2) is 5.80. The molecule has 18 heavy (non-hydrogen) atoms. The van der Waals surface area contributed by atoms with Crippen molar-refractivity contribution >= 4 is 35.1 Å². The van der Waals surface area contributed by atoms with Crippen molar-refractivity contribution in [2.75, 3.05) is 0 Å². The summed E-state index contributed by atoms with van der Waals surface area (Å²) < 4.78 is 0. The standard InChI is InChI=1S/C14H9Cl2NO/c15-11-6-3-10(4-7-11)5-8-13(18)12-2-1-9-17-14(12)16/h1-9H. The maximum absolute atomic E-state index is 11.9. The van der Waals surface area contributed by atoms with Gasteiger partial charge in [-0.1, -0.05) is 41.4 Å². The smallest absolute Gasteiger partial charge is 0.188 e. The largest absolute Gasteiger partial charge is 0.289 e. The Balaban J connectivity index is 2.17. The summed E-state index contributed by atoms with van der Waals surface area (Å²) in [4.78, 5) is 15.7. The average molecular weight is 278 g/mol. The van der Waals surface area contributed by atoms with Gasteiger partial charge in [-0.2, -0.15) is 0 Å². The van der Waals surface area contributed by atoms with E-state index >= 15 is 0 Å². The van der Waals surface area contributed by atoms with Crippen molar-refractivity contribution in [3.63, 3.8) is 0 Å². The first-order chi connectivity index (χ1) is 8.66. The minimum Gasteiger partial charge on any atom is -0.289 e. The lowest BCUT2D eigenvalue weighted by molar-refractivity contribution is 0.104. The summed E-state index contributed by atoms with van der Waals surface area (Å²) in [5, 5.41) is 0.872. The number of nitrogens with zero attached hydrogens (tertiary/aromatic N) is 1. The van der Waals surface area contributed by atoms with Crippen LogP contribution in [0.4, 0.5) is 0 Å². The first-order valence-electron chi connectivity index (χ1n) is 5.25. The van der Waals surface area contributed by atoms with Crippen molar-refractivity contribution < 1.29 is 4.79 Å². The van der Waals surface area contributed by atoms with E-state index in [0.717, 1.165) is 5.56 Å². The zero-order valence-electron chi connectivity index (χ0n) is 9.31. The number of hydrogen-bond acceptors (Lipinski definition) is 2. The van der Waals surface area contributed by atoms with E-state index < -0.39 is 0 Å². The molecule has 1 aromatic heterocycles. The van der Waals surface area contributed by atoms with Crippen LogP contribution in [0.3, 0.4) is 0 Å². The first-order valence-corrected chi connectivity index (χ1v) is 6.01. The topological polar surface area (TPSA) is 30.0 Å². The molecule has 0 amide bonds. The summed E-state index contributed by atoms with van der Waals surface area (Å²) in [6, 6.07) is 10.5. The molecule has 0 unspecified atom stereocenters. The van der Waals surface area contributed by atoms with Crippen molar-refractivity contribution in [3.8, 4) is 0 Å². The predicted octanol–water partition coefficient (Wildman–Crippen LogP) is 4.28. The highest BCUT2D eigenvalue weighted by atomic mass is 35.5. The molecule has 0 atom stereocenters. The number of pyridine rings is 1. The Kier molecular flexibility index (Phi) is 4.13. The zero-order valence-corrected chi connectivity index (χ0v) is 10.8. The number of benzene rings is 1. The van der Waals surface area contributed by atoms with Crippen LogP contribution in [0.5, 0.6) is 0 Å². The van der Waals surface area contributed by atoms with Crippen LogP contribution < -0.4 is 0 Å². The number of carbonyl (C=O) groups is 1. The van der Waals surface area contributed by atoms with Gasteiger partial charge in [-0.15, -0.1) is 0 Å². The summed E-state index contributed by atoms with van der Waals surface area (Å²) >= 11 is 11.6. The highest BCUT2D eigenvalue weighted by Crippen LogP contribution is 2.14. The number of rotatable bonds is 3. The molecule has 0 radical (unpaired) electrons. The molecule has 0 saturated carbocycles. The molecule has 4 heteroatoms. The zero-order chi connectivity index (χ0) is 13.0. The summed E-state index contributed by atoms with van der Waals surface area (Å²) in [5.74, 6) is -0.178. The van der Waals surface area contributed by atoms with Gasteiger partial charge in [0.15, 0.2) is 5.78 Å². The fraction of sp³-hybridized carbons (Fsp3) is 0. The summed E-state index contributed by atoms with van der Waals surface area (Å²) in [6.07, 6.45) is 4.72. The van der Waals surface area contributed by atoms with E-state index in [2.05, 4.69) is 4.98 Å². The van der Waals surface area contributed by atoms with Gasteiger partial charge in [-0.25, -0.2) is 4.98 Å². The third-order valence-electron chi connectivity index (χ3n) is 2.32. The normalized spacial score (nSPS) is 10.8. The van der Waals surface area contributed by atoms with E-state index in [1.165, 1.54) is 6.08 Å². The molecular weight excluding hydrogens is 269 g/mol. The monoisotopic (exact) mass is 277 g/mol. The third-order valence-corrected chi connectivity index (χ3v) is 2.87. The molecular formula is C14H9Cl2NO. The van der Waals surface area contributed by atoms with Crippen LogP contribution in [0.15, 0.2) is 48.7 Å². The van der Waals surface area contributed by atoms with Crippen LogP contribution in [0.1, 0.15) is 15.9 Å². The minimum absolute atomic E-state index is 0.178. The van der Waals surface area contributed by atoms with Crippen LogP contribution in [-0.2, 0) is 0 Å². The number of hydrogen-bond donors (Lipinski definition) is 0. The van der Waals surface area contributed by atoms with Crippen LogP contribution in [0, 0.1) is 0 Å².